The first-order chi connectivity index (χ1) is 18.0. The minimum atomic E-state index is -0.0871. The zero-order valence-electron chi connectivity index (χ0n) is 21.5. The van der Waals surface area contributed by atoms with E-state index >= 15 is 0 Å². The second kappa shape index (κ2) is 14.0. The number of aromatic nitrogens is 1. The van der Waals surface area contributed by atoms with Crippen molar-refractivity contribution in [3.05, 3.63) is 92.8 Å². The van der Waals surface area contributed by atoms with Crippen LogP contribution in [0.15, 0.2) is 66.9 Å². The van der Waals surface area contributed by atoms with Gasteiger partial charge in [0, 0.05) is 66.9 Å². The maximum atomic E-state index is 12.6. The molecule has 8 heteroatoms. The summed E-state index contributed by atoms with van der Waals surface area (Å²) in [7, 11) is 1.67. The fraction of sp³-hybridized carbons (Fsp3) is 0.379. The van der Waals surface area contributed by atoms with Crippen molar-refractivity contribution in [1.29, 1.82) is 0 Å². The quantitative estimate of drug-likeness (QED) is 0.247. The summed E-state index contributed by atoms with van der Waals surface area (Å²) in [5, 5.41) is 2.96. The number of benzene rings is 2. The predicted molar refractivity (Wildman–Crippen MR) is 154 cm³/mol. The zero-order valence-corrected chi connectivity index (χ0v) is 23.7. The number of ether oxygens (including phenoxy) is 2. The predicted octanol–water partition coefficient (Wildman–Crippen LogP) is 4.81. The van der Waals surface area contributed by atoms with Gasteiger partial charge in [0.05, 0.1) is 25.5 Å². The van der Waals surface area contributed by atoms with Crippen LogP contribution in [0.2, 0.25) is 0 Å². The standard InChI is InChI=1S/C29H35IN4O3/c1-22-18-33(19-24-5-10-28(31-17-24)21-37-16-15-36-2)13-14-34(22)20-23-3-6-25(7-4-23)29(35)32-27-11-8-26(30)9-12-27/h3-12,17,22H,13-16,18-21H2,1-2H3,(H,32,35)/t22-/m0/s1. The molecule has 7 nitrogen and oxygen atoms in total. The Kier molecular flexibility index (Phi) is 10.4. The summed E-state index contributed by atoms with van der Waals surface area (Å²) in [6.07, 6.45) is 1.96. The van der Waals surface area contributed by atoms with E-state index < -0.39 is 0 Å². The van der Waals surface area contributed by atoms with Gasteiger partial charge in [-0.25, -0.2) is 0 Å². The molecule has 1 N–H and O–H groups in total. The van der Waals surface area contributed by atoms with Crippen LogP contribution in [0.4, 0.5) is 5.69 Å². The third-order valence-corrected chi connectivity index (χ3v) is 7.25. The van der Waals surface area contributed by atoms with E-state index in [0.717, 1.165) is 47.7 Å². The van der Waals surface area contributed by atoms with Crippen molar-refractivity contribution in [2.24, 2.45) is 0 Å². The molecule has 1 saturated heterocycles. The highest BCUT2D eigenvalue weighted by atomic mass is 127. The van der Waals surface area contributed by atoms with Gasteiger partial charge in [-0.2, -0.15) is 0 Å². The highest BCUT2D eigenvalue weighted by Crippen LogP contribution is 2.18. The molecule has 0 spiro atoms. The number of piperazine rings is 1. The summed E-state index contributed by atoms with van der Waals surface area (Å²) in [5.41, 5.74) is 4.86. The number of anilines is 1. The fourth-order valence-corrected chi connectivity index (χ4v) is 4.75. The van der Waals surface area contributed by atoms with Crippen LogP contribution in [0.3, 0.4) is 0 Å². The molecule has 3 aromatic rings. The van der Waals surface area contributed by atoms with E-state index in [1.807, 2.05) is 48.7 Å². The van der Waals surface area contributed by atoms with Gasteiger partial charge in [-0.15, -0.1) is 0 Å². The van der Waals surface area contributed by atoms with Crippen LogP contribution in [-0.2, 0) is 29.2 Å². The minimum Gasteiger partial charge on any atom is -0.382 e. The lowest BCUT2D eigenvalue weighted by Gasteiger charge is -2.40. The van der Waals surface area contributed by atoms with Crippen LogP contribution in [0.25, 0.3) is 0 Å². The molecular weight excluding hydrogens is 579 g/mol. The Labute approximate surface area is 233 Å². The first-order valence-corrected chi connectivity index (χ1v) is 13.7. The minimum absolute atomic E-state index is 0.0871. The number of nitrogens with zero attached hydrogens (tertiary/aromatic N) is 3. The monoisotopic (exact) mass is 614 g/mol. The lowest BCUT2D eigenvalue weighted by atomic mass is 10.1. The molecule has 1 aliphatic heterocycles. The molecule has 1 amide bonds. The SMILES string of the molecule is COCCOCc1ccc(CN2CCN(Cc3ccc(C(=O)Nc4ccc(I)cc4)cc3)[C@@H](C)C2)cn1. The molecule has 196 valence electrons. The second-order valence-electron chi connectivity index (χ2n) is 9.42. The Bertz CT molecular complexity index is 1120. The van der Waals surface area contributed by atoms with Gasteiger partial charge in [-0.1, -0.05) is 18.2 Å². The molecule has 1 atom stereocenters. The van der Waals surface area contributed by atoms with E-state index in [-0.39, 0.29) is 5.91 Å². The Morgan fingerprint density at radius 1 is 1.00 bits per heavy atom. The van der Waals surface area contributed by atoms with E-state index in [4.69, 9.17) is 9.47 Å². The lowest BCUT2D eigenvalue weighted by Crippen LogP contribution is -2.50. The average molecular weight is 615 g/mol. The summed E-state index contributed by atoms with van der Waals surface area (Å²) in [5.74, 6) is -0.0871. The molecule has 1 aromatic heterocycles. The number of methoxy groups -OCH3 is 1. The maximum Gasteiger partial charge on any atom is 0.255 e. The number of amides is 1. The van der Waals surface area contributed by atoms with Gasteiger partial charge in [-0.05, 0) is 83.1 Å². The van der Waals surface area contributed by atoms with Crippen LogP contribution in [-0.4, -0.2) is 66.7 Å². The number of carbonyl (C=O) groups is 1. The van der Waals surface area contributed by atoms with Crippen molar-refractivity contribution in [3.63, 3.8) is 0 Å². The highest BCUT2D eigenvalue weighted by molar-refractivity contribution is 14.1. The normalized spacial score (nSPS) is 16.6. The Balaban J connectivity index is 1.22. The Morgan fingerprint density at radius 2 is 1.76 bits per heavy atom. The van der Waals surface area contributed by atoms with Gasteiger partial charge in [0.1, 0.15) is 0 Å². The van der Waals surface area contributed by atoms with E-state index in [9.17, 15) is 4.79 Å². The molecular formula is C29H35IN4O3. The first kappa shape index (κ1) is 27.7. The number of halogens is 1. The zero-order chi connectivity index (χ0) is 26.0. The molecule has 0 bridgehead atoms. The van der Waals surface area contributed by atoms with Crippen LogP contribution in [0, 0.1) is 3.57 Å². The van der Waals surface area contributed by atoms with Crippen molar-refractivity contribution in [2.45, 2.75) is 32.7 Å². The number of rotatable bonds is 11. The molecule has 37 heavy (non-hydrogen) atoms. The van der Waals surface area contributed by atoms with Crippen molar-refractivity contribution in [1.82, 2.24) is 14.8 Å². The maximum absolute atomic E-state index is 12.6. The number of hydrogen-bond donors (Lipinski definition) is 1. The van der Waals surface area contributed by atoms with Crippen molar-refractivity contribution in [2.75, 3.05) is 45.3 Å². The van der Waals surface area contributed by atoms with Crippen molar-refractivity contribution >= 4 is 34.2 Å². The first-order valence-electron chi connectivity index (χ1n) is 12.6. The van der Waals surface area contributed by atoms with Gasteiger partial charge in [-0.3, -0.25) is 19.6 Å². The van der Waals surface area contributed by atoms with E-state index in [1.54, 1.807) is 7.11 Å². The highest BCUT2D eigenvalue weighted by Gasteiger charge is 2.24. The summed E-state index contributed by atoms with van der Waals surface area (Å²) >= 11 is 2.25. The van der Waals surface area contributed by atoms with Crippen LogP contribution in [0.5, 0.6) is 0 Å². The van der Waals surface area contributed by atoms with Crippen LogP contribution < -0.4 is 5.32 Å². The van der Waals surface area contributed by atoms with Gasteiger partial charge >= 0.3 is 0 Å². The number of hydrogen-bond acceptors (Lipinski definition) is 6. The average Bonchev–Trinajstić information content (AvgIpc) is 2.91. The summed E-state index contributed by atoms with van der Waals surface area (Å²) in [6.45, 7) is 8.80. The third-order valence-electron chi connectivity index (χ3n) is 6.53. The Hall–Kier alpha value is -2.37. The van der Waals surface area contributed by atoms with Crippen molar-refractivity contribution < 1.29 is 14.3 Å². The molecule has 4 rings (SSSR count). The number of carbonyl (C=O) groups excluding carboxylic acids is 1. The summed E-state index contributed by atoms with van der Waals surface area (Å²) in [4.78, 5) is 22.1. The van der Waals surface area contributed by atoms with Gasteiger partial charge in [0.25, 0.3) is 5.91 Å². The molecule has 0 aliphatic carbocycles. The van der Waals surface area contributed by atoms with Crippen LogP contribution >= 0.6 is 22.6 Å². The van der Waals surface area contributed by atoms with Gasteiger partial charge in [0.2, 0.25) is 0 Å². The van der Waals surface area contributed by atoms with E-state index in [2.05, 4.69) is 67.8 Å². The molecule has 0 radical (unpaired) electrons. The van der Waals surface area contributed by atoms with Gasteiger partial charge in [0.15, 0.2) is 0 Å². The fourth-order valence-electron chi connectivity index (χ4n) is 4.39. The summed E-state index contributed by atoms with van der Waals surface area (Å²) in [6, 6.07) is 20.4. The van der Waals surface area contributed by atoms with Crippen molar-refractivity contribution in [3.8, 4) is 0 Å². The van der Waals surface area contributed by atoms with Crippen LogP contribution in [0.1, 0.15) is 34.1 Å². The molecule has 2 aromatic carbocycles. The summed E-state index contributed by atoms with van der Waals surface area (Å²) < 4.78 is 11.7. The smallest absolute Gasteiger partial charge is 0.255 e. The lowest BCUT2D eigenvalue weighted by molar-refractivity contribution is 0.0601. The Morgan fingerprint density at radius 3 is 2.43 bits per heavy atom. The largest absolute Gasteiger partial charge is 0.382 e. The molecule has 1 fully saturated rings. The van der Waals surface area contributed by atoms with E-state index in [0.29, 0.717) is 31.4 Å². The number of nitrogens with one attached hydrogen (secondary N) is 1. The molecule has 1 aliphatic rings. The van der Waals surface area contributed by atoms with Gasteiger partial charge < -0.3 is 14.8 Å². The molecule has 2 heterocycles. The van der Waals surface area contributed by atoms with E-state index in [1.165, 1.54) is 11.1 Å². The second-order valence-corrected chi connectivity index (χ2v) is 10.7. The third kappa shape index (κ3) is 8.58. The number of pyridine rings is 1. The topological polar surface area (TPSA) is 66.9 Å². The molecule has 0 unspecified atom stereocenters. The molecule has 0 saturated carbocycles.